The van der Waals surface area contributed by atoms with Gasteiger partial charge in [-0.1, -0.05) is 12.1 Å². The molecule has 3 aromatic rings. The fourth-order valence-electron chi connectivity index (χ4n) is 4.40. The Bertz CT molecular complexity index is 1200. The number of nitrogens with one attached hydrogen (secondary N) is 1. The van der Waals surface area contributed by atoms with Crippen LogP contribution in [0.5, 0.6) is 0 Å². The first kappa shape index (κ1) is 23.5. The fourth-order valence-corrected chi connectivity index (χ4v) is 4.40. The van der Waals surface area contributed by atoms with Gasteiger partial charge in [-0.3, -0.25) is 14.6 Å². The second-order valence-corrected chi connectivity index (χ2v) is 8.42. The number of nitrogens with zero attached hydrogens (tertiary/aromatic N) is 3. The third-order valence-electron chi connectivity index (χ3n) is 6.08. The summed E-state index contributed by atoms with van der Waals surface area (Å²) in [4.78, 5) is 31.2. The van der Waals surface area contributed by atoms with E-state index in [1.54, 1.807) is 42.4 Å². The number of hydrogen-bond acceptors (Lipinski definition) is 3. The molecule has 3 heterocycles. The first-order valence-corrected chi connectivity index (χ1v) is 11.0. The molecule has 1 saturated heterocycles. The summed E-state index contributed by atoms with van der Waals surface area (Å²) in [6, 6.07) is 9.50. The number of amides is 2. The molecule has 1 N–H and O–H groups in total. The van der Waals surface area contributed by atoms with Crippen molar-refractivity contribution in [2.75, 3.05) is 13.1 Å². The molecule has 1 aliphatic heterocycles. The van der Waals surface area contributed by atoms with Gasteiger partial charge in [-0.05, 0) is 56.2 Å². The second kappa shape index (κ2) is 9.32. The molecule has 9 heteroatoms. The zero-order valence-corrected chi connectivity index (χ0v) is 18.9. The standard InChI is InChI=1S/C25H25F3N4O2/c1-16-12-21(17(2)32(16)20-8-4-10-29-14-20)24(34)30-22(15-31-11-5-9-23(31)33)18-6-3-7-19(13-18)25(26,27)28/h3-4,6-8,10,12-14,22H,5,9,11,15H2,1-2H3,(H,30,34). The van der Waals surface area contributed by atoms with Crippen molar-refractivity contribution in [3.63, 3.8) is 0 Å². The summed E-state index contributed by atoms with van der Waals surface area (Å²) in [5.41, 5.74) is 2.21. The van der Waals surface area contributed by atoms with Crippen LogP contribution in [-0.2, 0) is 11.0 Å². The zero-order chi connectivity index (χ0) is 24.5. The molecule has 34 heavy (non-hydrogen) atoms. The van der Waals surface area contributed by atoms with E-state index in [0.717, 1.165) is 23.5 Å². The van der Waals surface area contributed by atoms with Gasteiger partial charge in [-0.2, -0.15) is 13.2 Å². The van der Waals surface area contributed by atoms with Crippen molar-refractivity contribution in [1.82, 2.24) is 19.8 Å². The van der Waals surface area contributed by atoms with Crippen LogP contribution in [-0.4, -0.2) is 39.4 Å². The molecule has 0 radical (unpaired) electrons. The molecule has 2 amide bonds. The van der Waals surface area contributed by atoms with Gasteiger partial charge in [0.05, 0.1) is 29.1 Å². The number of likely N-dealkylation sites (tertiary alicyclic amines) is 1. The number of aryl methyl sites for hydroxylation is 1. The minimum absolute atomic E-state index is 0.0685. The molecule has 0 saturated carbocycles. The molecular formula is C25H25F3N4O2. The first-order valence-electron chi connectivity index (χ1n) is 11.0. The van der Waals surface area contributed by atoms with Crippen LogP contribution in [0.1, 0.15) is 51.8 Å². The minimum atomic E-state index is -4.51. The third-order valence-corrected chi connectivity index (χ3v) is 6.08. The average molecular weight is 470 g/mol. The molecule has 2 aromatic heterocycles. The van der Waals surface area contributed by atoms with Gasteiger partial charge in [-0.15, -0.1) is 0 Å². The van der Waals surface area contributed by atoms with Crippen molar-refractivity contribution in [3.8, 4) is 5.69 Å². The van der Waals surface area contributed by atoms with Gasteiger partial charge < -0.3 is 14.8 Å². The van der Waals surface area contributed by atoms with Crippen LogP contribution in [0.3, 0.4) is 0 Å². The topological polar surface area (TPSA) is 67.2 Å². The fraction of sp³-hybridized carbons (Fsp3) is 0.320. The highest BCUT2D eigenvalue weighted by Gasteiger charge is 2.32. The molecular weight excluding hydrogens is 445 g/mol. The molecule has 1 aromatic carbocycles. The number of alkyl halides is 3. The predicted molar refractivity (Wildman–Crippen MR) is 121 cm³/mol. The zero-order valence-electron chi connectivity index (χ0n) is 18.9. The van der Waals surface area contributed by atoms with Crippen molar-refractivity contribution < 1.29 is 22.8 Å². The molecule has 0 aliphatic carbocycles. The van der Waals surface area contributed by atoms with Gasteiger partial charge in [0, 0.05) is 37.1 Å². The van der Waals surface area contributed by atoms with E-state index in [2.05, 4.69) is 10.3 Å². The number of halogens is 3. The molecule has 4 rings (SSSR count). The van der Waals surface area contributed by atoms with Gasteiger partial charge in [0.1, 0.15) is 0 Å². The maximum absolute atomic E-state index is 13.3. The van der Waals surface area contributed by atoms with Crippen LogP contribution in [0.15, 0.2) is 54.9 Å². The van der Waals surface area contributed by atoms with Gasteiger partial charge in [0.2, 0.25) is 5.91 Å². The van der Waals surface area contributed by atoms with Gasteiger partial charge in [0.15, 0.2) is 0 Å². The predicted octanol–water partition coefficient (Wildman–Crippen LogP) is 4.60. The lowest BCUT2D eigenvalue weighted by Gasteiger charge is -2.26. The highest BCUT2D eigenvalue weighted by molar-refractivity contribution is 5.96. The Kier molecular flexibility index (Phi) is 6.45. The summed E-state index contributed by atoms with van der Waals surface area (Å²) in [6.45, 7) is 4.29. The van der Waals surface area contributed by atoms with E-state index in [1.807, 2.05) is 17.6 Å². The van der Waals surface area contributed by atoms with Gasteiger partial charge in [-0.25, -0.2) is 0 Å². The van der Waals surface area contributed by atoms with Crippen molar-refractivity contribution in [3.05, 3.63) is 82.9 Å². The number of pyridine rings is 1. The SMILES string of the molecule is Cc1cc(C(=O)NC(CN2CCCC2=O)c2cccc(C(F)(F)F)c2)c(C)n1-c1cccnc1. The van der Waals surface area contributed by atoms with Crippen LogP contribution in [0.2, 0.25) is 0 Å². The van der Waals surface area contributed by atoms with E-state index in [0.29, 0.717) is 36.2 Å². The Morgan fingerprint density at radius 2 is 1.97 bits per heavy atom. The molecule has 0 bridgehead atoms. The Hall–Kier alpha value is -3.62. The lowest BCUT2D eigenvalue weighted by molar-refractivity contribution is -0.137. The minimum Gasteiger partial charge on any atom is -0.343 e. The number of aromatic nitrogens is 2. The van der Waals surface area contributed by atoms with Crippen LogP contribution in [0.25, 0.3) is 5.69 Å². The number of benzene rings is 1. The van der Waals surface area contributed by atoms with E-state index in [9.17, 15) is 22.8 Å². The molecule has 178 valence electrons. The summed E-state index contributed by atoms with van der Waals surface area (Å²) >= 11 is 0. The quantitative estimate of drug-likeness (QED) is 0.573. The number of rotatable bonds is 6. The van der Waals surface area contributed by atoms with E-state index in [4.69, 9.17) is 0 Å². The van der Waals surface area contributed by atoms with Gasteiger partial charge in [0.25, 0.3) is 5.91 Å². The maximum Gasteiger partial charge on any atom is 0.416 e. The number of carbonyl (C=O) groups is 2. The lowest BCUT2D eigenvalue weighted by Crippen LogP contribution is -2.38. The highest BCUT2D eigenvalue weighted by Crippen LogP contribution is 2.31. The Morgan fingerprint density at radius 3 is 2.62 bits per heavy atom. The summed E-state index contributed by atoms with van der Waals surface area (Å²) in [5.74, 6) is -0.488. The summed E-state index contributed by atoms with van der Waals surface area (Å²) in [5, 5.41) is 2.88. The van der Waals surface area contributed by atoms with E-state index in [1.165, 1.54) is 6.07 Å². The Balaban J connectivity index is 1.66. The molecule has 1 fully saturated rings. The molecule has 1 atom stereocenters. The Labute approximate surface area is 195 Å². The van der Waals surface area contributed by atoms with Crippen molar-refractivity contribution in [2.45, 2.75) is 38.9 Å². The van der Waals surface area contributed by atoms with Crippen molar-refractivity contribution >= 4 is 11.8 Å². The first-order chi connectivity index (χ1) is 16.1. The van der Waals surface area contributed by atoms with Crippen LogP contribution >= 0.6 is 0 Å². The van der Waals surface area contributed by atoms with E-state index >= 15 is 0 Å². The largest absolute Gasteiger partial charge is 0.416 e. The number of carbonyl (C=O) groups excluding carboxylic acids is 2. The smallest absolute Gasteiger partial charge is 0.343 e. The lowest BCUT2D eigenvalue weighted by atomic mass is 10.0. The summed E-state index contributed by atoms with van der Waals surface area (Å²) < 4.78 is 41.9. The van der Waals surface area contributed by atoms with Crippen molar-refractivity contribution in [2.24, 2.45) is 0 Å². The van der Waals surface area contributed by atoms with Crippen LogP contribution in [0, 0.1) is 13.8 Å². The Morgan fingerprint density at radius 1 is 1.18 bits per heavy atom. The van der Waals surface area contributed by atoms with E-state index in [-0.39, 0.29) is 12.5 Å². The third kappa shape index (κ3) is 4.83. The van der Waals surface area contributed by atoms with Gasteiger partial charge >= 0.3 is 6.18 Å². The average Bonchev–Trinajstić information content (AvgIpc) is 3.35. The maximum atomic E-state index is 13.3. The summed E-state index contributed by atoms with van der Waals surface area (Å²) in [6.07, 6.45) is -0.0801. The van der Waals surface area contributed by atoms with Crippen LogP contribution in [0.4, 0.5) is 13.2 Å². The normalized spacial score (nSPS) is 15.0. The summed E-state index contributed by atoms with van der Waals surface area (Å²) in [7, 11) is 0. The number of hydrogen-bond donors (Lipinski definition) is 1. The highest BCUT2D eigenvalue weighted by atomic mass is 19.4. The second-order valence-electron chi connectivity index (χ2n) is 8.42. The molecule has 1 unspecified atom stereocenters. The van der Waals surface area contributed by atoms with Crippen LogP contribution < -0.4 is 5.32 Å². The molecule has 6 nitrogen and oxygen atoms in total. The monoisotopic (exact) mass is 470 g/mol. The molecule has 0 spiro atoms. The molecule has 1 aliphatic rings. The van der Waals surface area contributed by atoms with Crippen molar-refractivity contribution in [1.29, 1.82) is 0 Å². The van der Waals surface area contributed by atoms with E-state index < -0.39 is 23.7 Å².